The first-order chi connectivity index (χ1) is 9.56. The van der Waals surface area contributed by atoms with Gasteiger partial charge in [-0.1, -0.05) is 12.1 Å². The fourth-order valence-corrected chi connectivity index (χ4v) is 2.04. The Morgan fingerprint density at radius 3 is 2.70 bits per heavy atom. The van der Waals surface area contributed by atoms with Crippen LogP contribution in [0.4, 0.5) is 5.69 Å². The number of nitro benzene ring substituents is 1. The van der Waals surface area contributed by atoms with E-state index in [0.29, 0.717) is 18.7 Å². The van der Waals surface area contributed by atoms with Gasteiger partial charge in [-0.25, -0.2) is 0 Å². The molecule has 106 valence electrons. The molecule has 0 bridgehead atoms. The molecule has 2 amide bonds. The van der Waals surface area contributed by atoms with Gasteiger partial charge in [0.25, 0.3) is 5.69 Å². The molecule has 2 rings (SSSR count). The van der Waals surface area contributed by atoms with E-state index in [-0.39, 0.29) is 30.5 Å². The van der Waals surface area contributed by atoms with E-state index in [4.69, 9.17) is 0 Å². The second kappa shape index (κ2) is 6.14. The van der Waals surface area contributed by atoms with Crippen LogP contribution in [0.5, 0.6) is 0 Å². The van der Waals surface area contributed by atoms with Crippen LogP contribution in [0.15, 0.2) is 24.3 Å². The summed E-state index contributed by atoms with van der Waals surface area (Å²) in [6.07, 6.45) is 0.878. The SMILES string of the molecule is O=C1CN(C(=O)Cc2ccc([N+](=O)[O-])cc2)CCCN1. The summed E-state index contributed by atoms with van der Waals surface area (Å²) in [5.41, 5.74) is 0.695. The average molecular weight is 277 g/mol. The van der Waals surface area contributed by atoms with E-state index in [9.17, 15) is 19.7 Å². The highest BCUT2D eigenvalue weighted by Gasteiger charge is 2.19. The second-order valence-electron chi connectivity index (χ2n) is 4.62. The Kier molecular flexibility index (Phi) is 4.29. The topological polar surface area (TPSA) is 92.5 Å². The van der Waals surface area contributed by atoms with Gasteiger partial charge in [-0.05, 0) is 12.0 Å². The molecular formula is C13H15N3O4. The average Bonchev–Trinajstić information content (AvgIpc) is 2.64. The van der Waals surface area contributed by atoms with Crippen LogP contribution in [0.1, 0.15) is 12.0 Å². The molecule has 1 aromatic carbocycles. The molecule has 20 heavy (non-hydrogen) atoms. The summed E-state index contributed by atoms with van der Waals surface area (Å²) >= 11 is 0. The van der Waals surface area contributed by atoms with E-state index in [0.717, 1.165) is 6.42 Å². The Labute approximate surface area is 115 Å². The molecule has 0 saturated carbocycles. The van der Waals surface area contributed by atoms with Crippen LogP contribution in [0.25, 0.3) is 0 Å². The first-order valence-electron chi connectivity index (χ1n) is 6.34. The first kappa shape index (κ1) is 14.0. The van der Waals surface area contributed by atoms with Crippen molar-refractivity contribution in [3.05, 3.63) is 39.9 Å². The zero-order valence-electron chi connectivity index (χ0n) is 10.9. The molecule has 0 atom stereocenters. The van der Waals surface area contributed by atoms with Crippen molar-refractivity contribution < 1.29 is 14.5 Å². The lowest BCUT2D eigenvalue weighted by Gasteiger charge is -2.18. The fraction of sp³-hybridized carbons (Fsp3) is 0.385. The van der Waals surface area contributed by atoms with Crippen LogP contribution < -0.4 is 5.32 Å². The van der Waals surface area contributed by atoms with Gasteiger partial charge in [-0.15, -0.1) is 0 Å². The monoisotopic (exact) mass is 277 g/mol. The van der Waals surface area contributed by atoms with Gasteiger partial charge in [0.15, 0.2) is 0 Å². The van der Waals surface area contributed by atoms with Crippen molar-refractivity contribution in [2.75, 3.05) is 19.6 Å². The Balaban J connectivity index is 1.99. The molecule has 1 saturated heterocycles. The Hall–Kier alpha value is -2.44. The van der Waals surface area contributed by atoms with E-state index in [1.54, 1.807) is 12.1 Å². The van der Waals surface area contributed by atoms with E-state index in [1.807, 2.05) is 0 Å². The summed E-state index contributed by atoms with van der Waals surface area (Å²) in [5, 5.41) is 13.2. The van der Waals surface area contributed by atoms with Gasteiger partial charge in [-0.3, -0.25) is 19.7 Å². The highest BCUT2D eigenvalue weighted by molar-refractivity contribution is 5.86. The number of nitrogens with one attached hydrogen (secondary N) is 1. The highest BCUT2D eigenvalue weighted by Crippen LogP contribution is 2.13. The Bertz CT molecular complexity index is 527. The van der Waals surface area contributed by atoms with Gasteiger partial charge < -0.3 is 10.2 Å². The van der Waals surface area contributed by atoms with E-state index < -0.39 is 4.92 Å². The molecular weight excluding hydrogens is 262 g/mol. The van der Waals surface area contributed by atoms with Crippen LogP contribution >= 0.6 is 0 Å². The van der Waals surface area contributed by atoms with E-state index in [2.05, 4.69) is 5.32 Å². The van der Waals surface area contributed by atoms with Gasteiger partial charge >= 0.3 is 0 Å². The van der Waals surface area contributed by atoms with Crippen molar-refractivity contribution >= 4 is 17.5 Å². The highest BCUT2D eigenvalue weighted by atomic mass is 16.6. The summed E-state index contributed by atoms with van der Waals surface area (Å²) in [7, 11) is 0. The van der Waals surface area contributed by atoms with Gasteiger partial charge in [0.2, 0.25) is 11.8 Å². The number of carbonyl (C=O) groups is 2. The Morgan fingerprint density at radius 2 is 2.05 bits per heavy atom. The minimum Gasteiger partial charge on any atom is -0.354 e. The molecule has 1 aromatic rings. The third-order valence-electron chi connectivity index (χ3n) is 3.12. The number of carbonyl (C=O) groups excluding carboxylic acids is 2. The molecule has 0 aliphatic carbocycles. The zero-order valence-corrected chi connectivity index (χ0v) is 10.9. The predicted octanol–water partition coefficient (Wildman–Crippen LogP) is 0.486. The quantitative estimate of drug-likeness (QED) is 0.642. The Morgan fingerprint density at radius 1 is 1.35 bits per heavy atom. The zero-order chi connectivity index (χ0) is 14.5. The maximum atomic E-state index is 12.1. The van der Waals surface area contributed by atoms with Gasteiger partial charge in [0.05, 0.1) is 17.9 Å². The maximum Gasteiger partial charge on any atom is 0.269 e. The van der Waals surface area contributed by atoms with Gasteiger partial charge in [0, 0.05) is 25.2 Å². The number of hydrogen-bond acceptors (Lipinski definition) is 4. The minimum atomic E-state index is -0.481. The number of nitrogens with zero attached hydrogens (tertiary/aromatic N) is 2. The molecule has 1 fully saturated rings. The van der Waals surface area contributed by atoms with Gasteiger partial charge in [-0.2, -0.15) is 0 Å². The number of nitro groups is 1. The number of rotatable bonds is 3. The molecule has 1 heterocycles. The fourth-order valence-electron chi connectivity index (χ4n) is 2.04. The molecule has 1 aliphatic heterocycles. The standard InChI is InChI=1S/C13H15N3O4/c17-12-9-15(7-1-6-14-12)13(18)8-10-2-4-11(5-3-10)16(19)20/h2-5H,1,6-9H2,(H,14,17). The largest absolute Gasteiger partial charge is 0.354 e. The molecule has 1 N–H and O–H groups in total. The van der Waals surface area contributed by atoms with Crippen molar-refractivity contribution in [1.82, 2.24) is 10.2 Å². The summed E-state index contributed by atoms with van der Waals surface area (Å²) in [5.74, 6) is -0.296. The predicted molar refractivity (Wildman–Crippen MR) is 71.0 cm³/mol. The van der Waals surface area contributed by atoms with Crippen molar-refractivity contribution in [3.63, 3.8) is 0 Å². The summed E-state index contributed by atoms with van der Waals surface area (Å²) in [6, 6.07) is 5.87. The first-order valence-corrected chi connectivity index (χ1v) is 6.34. The van der Waals surface area contributed by atoms with Crippen LogP contribution in [-0.2, 0) is 16.0 Å². The number of amides is 2. The maximum absolute atomic E-state index is 12.1. The molecule has 0 unspecified atom stereocenters. The van der Waals surface area contributed by atoms with Crippen LogP contribution in [0.3, 0.4) is 0 Å². The number of non-ortho nitro benzene ring substituents is 1. The smallest absolute Gasteiger partial charge is 0.269 e. The van der Waals surface area contributed by atoms with Crippen LogP contribution in [-0.4, -0.2) is 41.3 Å². The third kappa shape index (κ3) is 3.53. The number of benzene rings is 1. The summed E-state index contributed by atoms with van der Waals surface area (Å²) in [6.45, 7) is 1.20. The van der Waals surface area contributed by atoms with Crippen molar-refractivity contribution in [1.29, 1.82) is 0 Å². The lowest BCUT2D eigenvalue weighted by Crippen LogP contribution is -2.38. The summed E-state index contributed by atoms with van der Waals surface area (Å²) < 4.78 is 0. The summed E-state index contributed by atoms with van der Waals surface area (Å²) in [4.78, 5) is 35.1. The third-order valence-corrected chi connectivity index (χ3v) is 3.12. The molecule has 7 nitrogen and oxygen atoms in total. The lowest BCUT2D eigenvalue weighted by molar-refractivity contribution is -0.384. The van der Waals surface area contributed by atoms with Crippen molar-refractivity contribution in [2.24, 2.45) is 0 Å². The van der Waals surface area contributed by atoms with Crippen LogP contribution in [0.2, 0.25) is 0 Å². The normalized spacial score (nSPS) is 15.4. The molecule has 0 spiro atoms. The molecule has 0 radical (unpaired) electrons. The van der Waals surface area contributed by atoms with E-state index >= 15 is 0 Å². The molecule has 7 heteroatoms. The molecule has 1 aliphatic rings. The van der Waals surface area contributed by atoms with Crippen molar-refractivity contribution in [3.8, 4) is 0 Å². The number of hydrogen-bond donors (Lipinski definition) is 1. The lowest BCUT2D eigenvalue weighted by atomic mass is 10.1. The molecule has 0 aromatic heterocycles. The van der Waals surface area contributed by atoms with E-state index in [1.165, 1.54) is 17.0 Å². The van der Waals surface area contributed by atoms with Crippen LogP contribution in [0, 0.1) is 10.1 Å². The second-order valence-corrected chi connectivity index (χ2v) is 4.62. The van der Waals surface area contributed by atoms with Gasteiger partial charge in [0.1, 0.15) is 0 Å². The minimum absolute atomic E-state index is 0.00431. The van der Waals surface area contributed by atoms with Crippen molar-refractivity contribution in [2.45, 2.75) is 12.8 Å².